The molecule has 0 aliphatic rings. The first-order valence-electron chi connectivity index (χ1n) is 7.06. The first kappa shape index (κ1) is 15.8. The summed E-state index contributed by atoms with van der Waals surface area (Å²) in [6, 6.07) is 7.47. The van der Waals surface area contributed by atoms with Gasteiger partial charge < -0.3 is 14.5 Å². The second-order valence-electron chi connectivity index (χ2n) is 5.09. The zero-order valence-corrected chi connectivity index (χ0v) is 14.5. The Morgan fingerprint density at radius 3 is 2.87 bits per heavy atom. The molecule has 7 heteroatoms. The number of hydrogen-bond acceptors (Lipinski definition) is 6. The minimum atomic E-state index is -0.161. The summed E-state index contributed by atoms with van der Waals surface area (Å²) in [4.78, 5) is 0.955. The van der Waals surface area contributed by atoms with Crippen molar-refractivity contribution in [1.82, 2.24) is 10.2 Å². The van der Waals surface area contributed by atoms with Gasteiger partial charge in [0.1, 0.15) is 11.8 Å². The summed E-state index contributed by atoms with van der Waals surface area (Å²) in [5.41, 5.74) is 1.80. The van der Waals surface area contributed by atoms with Gasteiger partial charge in [0.05, 0.1) is 17.7 Å². The summed E-state index contributed by atoms with van der Waals surface area (Å²) < 4.78 is 11.1. The van der Waals surface area contributed by atoms with Gasteiger partial charge in [-0.3, -0.25) is 0 Å². The third-order valence-electron chi connectivity index (χ3n) is 3.40. The van der Waals surface area contributed by atoms with Crippen LogP contribution in [0.25, 0.3) is 10.8 Å². The lowest BCUT2D eigenvalue weighted by Gasteiger charge is -2.16. The first-order chi connectivity index (χ1) is 11.1. The SMILES string of the molecule is COc1cc(Cl)c(C)cc1NC(C)c1nnc(-c2cccs2)o1. The van der Waals surface area contributed by atoms with E-state index in [1.54, 1.807) is 24.5 Å². The molecule has 0 bridgehead atoms. The van der Waals surface area contributed by atoms with Crippen molar-refractivity contribution in [2.45, 2.75) is 19.9 Å². The zero-order chi connectivity index (χ0) is 16.4. The van der Waals surface area contributed by atoms with Crippen LogP contribution < -0.4 is 10.1 Å². The van der Waals surface area contributed by atoms with Crippen LogP contribution in [0.5, 0.6) is 5.75 Å². The molecule has 0 aliphatic carbocycles. The number of thiophene rings is 1. The van der Waals surface area contributed by atoms with E-state index in [1.165, 1.54) is 0 Å². The Balaban J connectivity index is 1.82. The van der Waals surface area contributed by atoms with E-state index in [4.69, 9.17) is 20.8 Å². The minimum Gasteiger partial charge on any atom is -0.495 e. The van der Waals surface area contributed by atoms with E-state index in [0.717, 1.165) is 16.1 Å². The highest BCUT2D eigenvalue weighted by Gasteiger charge is 2.17. The number of halogens is 1. The Hall–Kier alpha value is -2.05. The molecule has 0 radical (unpaired) electrons. The zero-order valence-electron chi connectivity index (χ0n) is 13.0. The molecular weight excluding hydrogens is 334 g/mol. The second kappa shape index (κ2) is 6.60. The lowest BCUT2D eigenvalue weighted by Crippen LogP contribution is -2.08. The van der Waals surface area contributed by atoms with E-state index in [9.17, 15) is 0 Å². The third-order valence-corrected chi connectivity index (χ3v) is 4.66. The van der Waals surface area contributed by atoms with Gasteiger partial charge in [0.15, 0.2) is 0 Å². The van der Waals surface area contributed by atoms with E-state index < -0.39 is 0 Å². The number of benzene rings is 1. The fourth-order valence-corrected chi connectivity index (χ4v) is 2.95. The van der Waals surface area contributed by atoms with Crippen LogP contribution in [0.3, 0.4) is 0 Å². The number of aryl methyl sites for hydroxylation is 1. The van der Waals surface area contributed by atoms with Gasteiger partial charge in [0, 0.05) is 11.1 Å². The maximum atomic E-state index is 6.13. The van der Waals surface area contributed by atoms with Gasteiger partial charge in [0.2, 0.25) is 5.89 Å². The van der Waals surface area contributed by atoms with Gasteiger partial charge >= 0.3 is 0 Å². The molecule has 1 unspecified atom stereocenters. The van der Waals surface area contributed by atoms with Crippen LogP contribution in [-0.4, -0.2) is 17.3 Å². The monoisotopic (exact) mass is 349 g/mol. The van der Waals surface area contributed by atoms with E-state index in [-0.39, 0.29) is 6.04 Å². The number of nitrogens with zero attached hydrogens (tertiary/aromatic N) is 2. The van der Waals surface area contributed by atoms with Gasteiger partial charge in [-0.2, -0.15) is 0 Å². The normalized spacial score (nSPS) is 12.2. The number of anilines is 1. The van der Waals surface area contributed by atoms with Crippen LogP contribution in [0.1, 0.15) is 24.4 Å². The predicted molar refractivity (Wildman–Crippen MR) is 92.4 cm³/mol. The number of methoxy groups -OCH3 is 1. The fourth-order valence-electron chi connectivity index (χ4n) is 2.15. The van der Waals surface area contributed by atoms with Crippen molar-refractivity contribution in [3.63, 3.8) is 0 Å². The van der Waals surface area contributed by atoms with Gasteiger partial charge in [-0.1, -0.05) is 17.7 Å². The maximum Gasteiger partial charge on any atom is 0.257 e. The summed E-state index contributed by atoms with van der Waals surface area (Å²) in [5, 5.41) is 14.2. The van der Waals surface area contributed by atoms with Gasteiger partial charge in [-0.15, -0.1) is 21.5 Å². The molecule has 0 spiro atoms. The molecule has 1 atom stereocenters. The smallest absolute Gasteiger partial charge is 0.257 e. The van der Waals surface area contributed by atoms with Crippen molar-refractivity contribution >= 4 is 28.6 Å². The number of ether oxygens (including phenoxy) is 1. The molecule has 120 valence electrons. The highest BCUT2D eigenvalue weighted by Crippen LogP contribution is 2.33. The van der Waals surface area contributed by atoms with Crippen molar-refractivity contribution in [3.05, 3.63) is 46.1 Å². The standard InChI is InChI=1S/C16H16ClN3O2S/c1-9-7-12(13(21-3)8-11(9)17)18-10(2)15-19-20-16(22-15)14-5-4-6-23-14/h4-8,10,18H,1-3H3. The highest BCUT2D eigenvalue weighted by atomic mass is 35.5. The molecule has 1 N–H and O–H groups in total. The summed E-state index contributed by atoms with van der Waals surface area (Å²) in [7, 11) is 1.61. The Morgan fingerprint density at radius 2 is 2.17 bits per heavy atom. The van der Waals surface area contributed by atoms with Crippen molar-refractivity contribution in [1.29, 1.82) is 0 Å². The Morgan fingerprint density at radius 1 is 1.35 bits per heavy atom. The van der Waals surface area contributed by atoms with Gasteiger partial charge in [-0.25, -0.2) is 0 Å². The average molecular weight is 350 g/mol. The van der Waals surface area contributed by atoms with Crippen molar-refractivity contribution in [3.8, 4) is 16.5 Å². The van der Waals surface area contributed by atoms with Crippen LogP contribution in [0.4, 0.5) is 5.69 Å². The molecule has 0 saturated heterocycles. The Bertz CT molecular complexity index is 802. The molecule has 2 heterocycles. The summed E-state index contributed by atoms with van der Waals surface area (Å²) in [6.07, 6.45) is 0. The molecule has 0 saturated carbocycles. The molecule has 0 amide bonds. The largest absolute Gasteiger partial charge is 0.495 e. The van der Waals surface area contributed by atoms with Crippen LogP contribution >= 0.6 is 22.9 Å². The molecule has 23 heavy (non-hydrogen) atoms. The minimum absolute atomic E-state index is 0.161. The molecule has 3 aromatic rings. The molecule has 5 nitrogen and oxygen atoms in total. The topological polar surface area (TPSA) is 60.2 Å². The molecule has 1 aromatic carbocycles. The molecule has 0 aliphatic heterocycles. The number of rotatable bonds is 5. The summed E-state index contributed by atoms with van der Waals surface area (Å²) >= 11 is 7.69. The van der Waals surface area contributed by atoms with E-state index in [2.05, 4.69) is 15.5 Å². The number of nitrogens with one attached hydrogen (secondary N) is 1. The quantitative estimate of drug-likeness (QED) is 0.706. The van der Waals surface area contributed by atoms with E-state index in [1.807, 2.05) is 37.4 Å². The molecule has 2 aromatic heterocycles. The van der Waals surface area contributed by atoms with E-state index in [0.29, 0.717) is 22.6 Å². The molecular formula is C16H16ClN3O2S. The summed E-state index contributed by atoms with van der Waals surface area (Å²) in [6.45, 7) is 3.90. The second-order valence-corrected chi connectivity index (χ2v) is 6.45. The molecule has 3 rings (SSSR count). The first-order valence-corrected chi connectivity index (χ1v) is 8.32. The predicted octanol–water partition coefficient (Wildman–Crippen LogP) is 4.94. The number of aromatic nitrogens is 2. The fraction of sp³-hybridized carbons (Fsp3) is 0.250. The van der Waals surface area contributed by atoms with Crippen LogP contribution in [-0.2, 0) is 0 Å². The van der Waals surface area contributed by atoms with Gasteiger partial charge in [-0.05, 0) is 36.9 Å². The highest BCUT2D eigenvalue weighted by molar-refractivity contribution is 7.13. The van der Waals surface area contributed by atoms with Gasteiger partial charge in [0.25, 0.3) is 5.89 Å². The van der Waals surface area contributed by atoms with Crippen LogP contribution in [0, 0.1) is 6.92 Å². The molecule has 0 fully saturated rings. The third kappa shape index (κ3) is 3.33. The lowest BCUT2D eigenvalue weighted by atomic mass is 10.2. The Kier molecular flexibility index (Phi) is 4.54. The Labute approximate surface area is 143 Å². The van der Waals surface area contributed by atoms with Crippen molar-refractivity contribution in [2.75, 3.05) is 12.4 Å². The maximum absolute atomic E-state index is 6.13. The van der Waals surface area contributed by atoms with E-state index >= 15 is 0 Å². The average Bonchev–Trinajstić information content (AvgIpc) is 3.20. The van der Waals surface area contributed by atoms with Crippen molar-refractivity contribution in [2.24, 2.45) is 0 Å². The summed E-state index contributed by atoms with van der Waals surface area (Å²) in [5.74, 6) is 1.72. The van der Waals surface area contributed by atoms with Crippen molar-refractivity contribution < 1.29 is 9.15 Å². The van der Waals surface area contributed by atoms with Crippen LogP contribution in [0.2, 0.25) is 5.02 Å². The van der Waals surface area contributed by atoms with Crippen LogP contribution in [0.15, 0.2) is 34.1 Å². The number of hydrogen-bond donors (Lipinski definition) is 1. The lowest BCUT2D eigenvalue weighted by molar-refractivity contribution is 0.415.